The summed E-state index contributed by atoms with van der Waals surface area (Å²) in [7, 11) is 3.11. The van der Waals surface area contributed by atoms with Gasteiger partial charge in [0.05, 0.1) is 26.5 Å². The van der Waals surface area contributed by atoms with E-state index >= 15 is 0 Å². The Bertz CT molecular complexity index is 1010. The first-order valence-electron chi connectivity index (χ1n) is 8.99. The number of halogens is 1. The number of anilines is 1. The van der Waals surface area contributed by atoms with Crippen LogP contribution in [-0.4, -0.2) is 29.9 Å². The molecule has 0 fully saturated rings. The van der Waals surface area contributed by atoms with E-state index in [-0.39, 0.29) is 5.91 Å². The zero-order chi connectivity index (χ0) is 20.8. The van der Waals surface area contributed by atoms with Crippen molar-refractivity contribution in [3.05, 3.63) is 76.6 Å². The van der Waals surface area contributed by atoms with Crippen molar-refractivity contribution in [1.82, 2.24) is 9.78 Å². The first-order chi connectivity index (χ1) is 14.0. The first kappa shape index (κ1) is 20.5. The second kappa shape index (κ2) is 9.30. The van der Waals surface area contributed by atoms with E-state index < -0.39 is 0 Å². The van der Waals surface area contributed by atoms with Crippen LogP contribution >= 0.6 is 11.6 Å². The smallest absolute Gasteiger partial charge is 0.248 e. The largest absolute Gasteiger partial charge is 0.497 e. The van der Waals surface area contributed by atoms with E-state index in [4.69, 9.17) is 21.1 Å². The van der Waals surface area contributed by atoms with Crippen LogP contribution in [0.15, 0.2) is 54.6 Å². The Morgan fingerprint density at radius 2 is 1.79 bits per heavy atom. The minimum Gasteiger partial charge on any atom is -0.497 e. The molecule has 150 valence electrons. The van der Waals surface area contributed by atoms with E-state index in [0.29, 0.717) is 34.4 Å². The van der Waals surface area contributed by atoms with E-state index in [0.717, 1.165) is 11.3 Å². The van der Waals surface area contributed by atoms with Gasteiger partial charge in [0.15, 0.2) is 0 Å². The van der Waals surface area contributed by atoms with E-state index in [9.17, 15) is 4.79 Å². The molecule has 7 heteroatoms. The molecule has 3 rings (SSSR count). The maximum Gasteiger partial charge on any atom is 0.248 e. The van der Waals surface area contributed by atoms with Gasteiger partial charge in [-0.05, 0) is 18.6 Å². The highest BCUT2D eigenvalue weighted by molar-refractivity contribution is 6.31. The van der Waals surface area contributed by atoms with Crippen molar-refractivity contribution in [3.8, 4) is 11.5 Å². The maximum atomic E-state index is 12.4. The average molecular weight is 412 g/mol. The van der Waals surface area contributed by atoms with Gasteiger partial charge in [-0.15, -0.1) is 0 Å². The van der Waals surface area contributed by atoms with Gasteiger partial charge in [0.25, 0.3) is 0 Å². The molecule has 0 saturated carbocycles. The van der Waals surface area contributed by atoms with Crippen molar-refractivity contribution in [3.63, 3.8) is 0 Å². The van der Waals surface area contributed by atoms with Gasteiger partial charge >= 0.3 is 0 Å². The highest BCUT2D eigenvalue weighted by Crippen LogP contribution is 2.26. The van der Waals surface area contributed by atoms with Crippen molar-refractivity contribution in [2.45, 2.75) is 13.5 Å². The summed E-state index contributed by atoms with van der Waals surface area (Å²) in [4.78, 5) is 12.4. The summed E-state index contributed by atoms with van der Waals surface area (Å²) in [6.45, 7) is 2.42. The SMILES string of the molecule is COc1cc(NC(=O)/C=C/c2c(C)nn(Cc3ccccc3)c2Cl)cc(OC)c1. The van der Waals surface area contributed by atoms with Gasteiger partial charge in [-0.2, -0.15) is 5.10 Å². The van der Waals surface area contributed by atoms with Crippen LogP contribution in [-0.2, 0) is 11.3 Å². The lowest BCUT2D eigenvalue weighted by Crippen LogP contribution is -2.08. The molecule has 1 amide bonds. The van der Waals surface area contributed by atoms with Crippen molar-refractivity contribution < 1.29 is 14.3 Å². The maximum absolute atomic E-state index is 12.4. The lowest BCUT2D eigenvalue weighted by atomic mass is 10.2. The monoisotopic (exact) mass is 411 g/mol. The van der Waals surface area contributed by atoms with Crippen molar-refractivity contribution in [1.29, 1.82) is 0 Å². The quantitative estimate of drug-likeness (QED) is 0.579. The third kappa shape index (κ3) is 5.18. The third-order valence-electron chi connectivity index (χ3n) is 4.30. The van der Waals surface area contributed by atoms with Gasteiger partial charge in [-0.1, -0.05) is 41.9 Å². The van der Waals surface area contributed by atoms with Gasteiger partial charge in [0.1, 0.15) is 16.7 Å². The number of hydrogen-bond acceptors (Lipinski definition) is 4. The number of rotatable bonds is 7. The minimum absolute atomic E-state index is 0.299. The number of hydrogen-bond donors (Lipinski definition) is 1. The Balaban J connectivity index is 1.73. The summed E-state index contributed by atoms with van der Waals surface area (Å²) < 4.78 is 12.1. The molecular weight excluding hydrogens is 390 g/mol. The molecule has 0 bridgehead atoms. The number of nitrogens with zero attached hydrogens (tertiary/aromatic N) is 2. The highest BCUT2D eigenvalue weighted by Gasteiger charge is 2.12. The van der Waals surface area contributed by atoms with E-state index in [1.165, 1.54) is 6.08 Å². The van der Waals surface area contributed by atoms with Crippen LogP contribution in [0.5, 0.6) is 11.5 Å². The molecular formula is C22H22ClN3O3. The molecule has 0 atom stereocenters. The molecule has 1 heterocycles. The Morgan fingerprint density at radius 3 is 2.41 bits per heavy atom. The molecule has 1 N–H and O–H groups in total. The van der Waals surface area contributed by atoms with E-state index in [1.54, 1.807) is 43.2 Å². The number of aryl methyl sites for hydroxylation is 1. The number of carbonyl (C=O) groups is 1. The Morgan fingerprint density at radius 1 is 1.14 bits per heavy atom. The Kier molecular flexibility index (Phi) is 6.57. The van der Waals surface area contributed by atoms with Gasteiger partial charge < -0.3 is 14.8 Å². The van der Waals surface area contributed by atoms with Crippen LogP contribution in [0.3, 0.4) is 0 Å². The van der Waals surface area contributed by atoms with Crippen LogP contribution in [0.1, 0.15) is 16.8 Å². The standard InChI is InChI=1S/C22H22ClN3O3/c1-15-20(22(23)26(25-15)14-16-7-5-4-6-8-16)9-10-21(27)24-17-11-18(28-2)13-19(12-17)29-3/h4-13H,14H2,1-3H3,(H,24,27)/b10-9+. The van der Waals surface area contributed by atoms with Crippen molar-refractivity contribution in [2.75, 3.05) is 19.5 Å². The first-order valence-corrected chi connectivity index (χ1v) is 9.37. The normalized spacial score (nSPS) is 10.9. The number of amides is 1. The molecule has 0 aliphatic carbocycles. The molecule has 0 unspecified atom stereocenters. The zero-order valence-electron chi connectivity index (χ0n) is 16.5. The summed E-state index contributed by atoms with van der Waals surface area (Å²) in [5.74, 6) is 0.876. The fraction of sp³-hybridized carbons (Fsp3) is 0.182. The number of aromatic nitrogens is 2. The van der Waals surface area contributed by atoms with E-state index in [1.807, 2.05) is 37.3 Å². The third-order valence-corrected chi connectivity index (χ3v) is 4.70. The van der Waals surface area contributed by atoms with Crippen LogP contribution in [0.2, 0.25) is 5.15 Å². The number of ether oxygens (including phenoxy) is 2. The summed E-state index contributed by atoms with van der Waals surface area (Å²) in [6.07, 6.45) is 3.09. The van der Waals surface area contributed by atoms with Gasteiger partial charge in [-0.3, -0.25) is 4.79 Å². The summed E-state index contributed by atoms with van der Waals surface area (Å²) in [5, 5.41) is 7.76. The molecule has 29 heavy (non-hydrogen) atoms. The molecule has 0 spiro atoms. The lowest BCUT2D eigenvalue weighted by Gasteiger charge is -2.08. The second-order valence-corrected chi connectivity index (χ2v) is 6.72. The topological polar surface area (TPSA) is 65.4 Å². The molecule has 0 saturated heterocycles. The Hall–Kier alpha value is -3.25. The fourth-order valence-corrected chi connectivity index (χ4v) is 3.14. The van der Waals surface area contributed by atoms with Gasteiger partial charge in [0.2, 0.25) is 5.91 Å². The lowest BCUT2D eigenvalue weighted by molar-refractivity contribution is -0.111. The summed E-state index contributed by atoms with van der Waals surface area (Å²) in [6, 6.07) is 15.1. The molecule has 2 aromatic carbocycles. The summed E-state index contributed by atoms with van der Waals surface area (Å²) in [5.41, 5.74) is 3.12. The van der Waals surface area contributed by atoms with Gasteiger partial charge in [0, 0.05) is 35.5 Å². The highest BCUT2D eigenvalue weighted by atomic mass is 35.5. The van der Waals surface area contributed by atoms with E-state index in [2.05, 4.69) is 10.4 Å². The van der Waals surface area contributed by atoms with Crippen LogP contribution < -0.4 is 14.8 Å². The molecule has 6 nitrogen and oxygen atoms in total. The van der Waals surface area contributed by atoms with Crippen LogP contribution in [0.25, 0.3) is 6.08 Å². The minimum atomic E-state index is -0.299. The fourth-order valence-electron chi connectivity index (χ4n) is 2.84. The van der Waals surface area contributed by atoms with Crippen LogP contribution in [0, 0.1) is 6.92 Å². The average Bonchev–Trinajstić information content (AvgIpc) is 2.99. The number of carbonyl (C=O) groups excluding carboxylic acids is 1. The molecule has 1 aromatic heterocycles. The zero-order valence-corrected chi connectivity index (χ0v) is 17.2. The number of benzene rings is 2. The predicted molar refractivity (Wildman–Crippen MR) is 115 cm³/mol. The number of nitrogens with one attached hydrogen (secondary N) is 1. The molecule has 0 aliphatic heterocycles. The Labute approximate surface area is 174 Å². The predicted octanol–water partition coefficient (Wildman–Crippen LogP) is 4.56. The number of methoxy groups -OCH3 is 2. The van der Waals surface area contributed by atoms with Crippen molar-refractivity contribution in [2.24, 2.45) is 0 Å². The second-order valence-electron chi connectivity index (χ2n) is 6.36. The molecule has 0 radical (unpaired) electrons. The van der Waals surface area contributed by atoms with Crippen LogP contribution in [0.4, 0.5) is 5.69 Å². The van der Waals surface area contributed by atoms with Crippen molar-refractivity contribution >= 4 is 29.3 Å². The summed E-state index contributed by atoms with van der Waals surface area (Å²) >= 11 is 6.49. The molecule has 0 aliphatic rings. The van der Waals surface area contributed by atoms with Gasteiger partial charge in [-0.25, -0.2) is 4.68 Å². The molecule has 3 aromatic rings.